The molecule has 1 atom stereocenters. The fourth-order valence-corrected chi connectivity index (χ4v) is 1.25. The summed E-state index contributed by atoms with van der Waals surface area (Å²) < 4.78 is 38.3. The number of nitrogens with two attached hydrogens (primary N) is 1. The van der Waals surface area contributed by atoms with Crippen molar-refractivity contribution >= 4 is 0 Å². The van der Waals surface area contributed by atoms with Crippen LogP contribution in [0.4, 0.5) is 13.2 Å². The molecule has 0 radical (unpaired) electrons. The van der Waals surface area contributed by atoms with Crippen LogP contribution in [0.15, 0.2) is 24.8 Å². The Hall–Kier alpha value is -1.29. The third kappa shape index (κ3) is 2.83. The molecule has 0 heterocycles. The molecule has 0 amide bonds. The first-order chi connectivity index (χ1) is 7.06. The van der Waals surface area contributed by atoms with Gasteiger partial charge in [0.25, 0.3) is 0 Å². The zero-order valence-electron chi connectivity index (χ0n) is 8.14. The van der Waals surface area contributed by atoms with Crippen molar-refractivity contribution in [3.63, 3.8) is 0 Å². The Labute approximate surface area is 86.4 Å². The molecule has 15 heavy (non-hydrogen) atoms. The minimum absolute atomic E-state index is 0.258. The highest BCUT2D eigenvalue weighted by Gasteiger charge is 2.14. The number of halogens is 3. The van der Waals surface area contributed by atoms with Crippen molar-refractivity contribution in [3.05, 3.63) is 47.8 Å². The van der Waals surface area contributed by atoms with E-state index in [1.54, 1.807) is 6.08 Å². The SMILES string of the molecule is C=CCC[C@H](N)c1cc(F)c(F)c(F)c1. The molecule has 0 aliphatic carbocycles. The van der Waals surface area contributed by atoms with Crippen LogP contribution in [0.25, 0.3) is 0 Å². The van der Waals surface area contributed by atoms with Crippen molar-refractivity contribution in [3.8, 4) is 0 Å². The van der Waals surface area contributed by atoms with Gasteiger partial charge < -0.3 is 5.73 Å². The molecule has 1 nitrogen and oxygen atoms in total. The second-order valence-corrected chi connectivity index (χ2v) is 3.27. The van der Waals surface area contributed by atoms with Crippen LogP contribution in [0, 0.1) is 17.5 Å². The first kappa shape index (κ1) is 11.8. The molecule has 0 fully saturated rings. The third-order valence-corrected chi connectivity index (χ3v) is 2.12. The topological polar surface area (TPSA) is 26.0 Å². The standard InChI is InChI=1S/C11H12F3N/c1-2-3-4-10(15)7-5-8(12)11(14)9(13)6-7/h2,5-6,10H,1,3-4,15H2/t10-/m0/s1. The molecule has 4 heteroatoms. The van der Waals surface area contributed by atoms with E-state index in [9.17, 15) is 13.2 Å². The lowest BCUT2D eigenvalue weighted by Gasteiger charge is -2.11. The number of rotatable bonds is 4. The Morgan fingerprint density at radius 2 is 1.80 bits per heavy atom. The summed E-state index contributed by atoms with van der Waals surface area (Å²) in [7, 11) is 0. The van der Waals surface area contributed by atoms with Gasteiger partial charge in [0.1, 0.15) is 0 Å². The van der Waals surface area contributed by atoms with Crippen molar-refractivity contribution in [1.29, 1.82) is 0 Å². The summed E-state index contributed by atoms with van der Waals surface area (Å²) in [5, 5.41) is 0. The molecule has 0 spiro atoms. The van der Waals surface area contributed by atoms with Gasteiger partial charge in [0.15, 0.2) is 17.5 Å². The van der Waals surface area contributed by atoms with E-state index in [0.29, 0.717) is 12.8 Å². The van der Waals surface area contributed by atoms with E-state index in [4.69, 9.17) is 5.73 Å². The smallest absolute Gasteiger partial charge is 0.194 e. The Bertz CT molecular complexity index is 340. The Balaban J connectivity index is 2.90. The second-order valence-electron chi connectivity index (χ2n) is 3.27. The molecule has 0 saturated carbocycles. The maximum absolute atomic E-state index is 12.8. The van der Waals surface area contributed by atoms with Gasteiger partial charge in [-0.1, -0.05) is 6.08 Å². The van der Waals surface area contributed by atoms with E-state index in [0.717, 1.165) is 12.1 Å². The van der Waals surface area contributed by atoms with Gasteiger partial charge in [-0.2, -0.15) is 0 Å². The van der Waals surface area contributed by atoms with Crippen LogP contribution >= 0.6 is 0 Å². The molecular formula is C11H12F3N. The van der Waals surface area contributed by atoms with E-state index in [1.807, 2.05) is 0 Å². The largest absolute Gasteiger partial charge is 0.324 e. The molecule has 0 bridgehead atoms. The maximum atomic E-state index is 12.8. The molecule has 0 aliphatic rings. The lowest BCUT2D eigenvalue weighted by molar-refractivity contribution is 0.443. The molecule has 0 aromatic heterocycles. The monoisotopic (exact) mass is 215 g/mol. The van der Waals surface area contributed by atoms with Gasteiger partial charge in [0.2, 0.25) is 0 Å². The van der Waals surface area contributed by atoms with Crippen LogP contribution in [-0.4, -0.2) is 0 Å². The predicted octanol–water partition coefficient (Wildman–Crippen LogP) is 3.07. The maximum Gasteiger partial charge on any atom is 0.194 e. The third-order valence-electron chi connectivity index (χ3n) is 2.12. The highest BCUT2D eigenvalue weighted by molar-refractivity contribution is 5.22. The molecule has 1 rings (SSSR count). The second kappa shape index (κ2) is 4.98. The summed E-state index contributed by atoms with van der Waals surface area (Å²) in [6.07, 6.45) is 2.83. The highest BCUT2D eigenvalue weighted by atomic mass is 19.2. The lowest BCUT2D eigenvalue weighted by atomic mass is 10.0. The summed E-state index contributed by atoms with van der Waals surface area (Å²) in [5.74, 6) is -3.88. The van der Waals surface area contributed by atoms with E-state index >= 15 is 0 Å². The average molecular weight is 215 g/mol. The zero-order valence-corrected chi connectivity index (χ0v) is 8.14. The minimum Gasteiger partial charge on any atom is -0.324 e. The number of allylic oxidation sites excluding steroid dienone is 1. The summed E-state index contributed by atoms with van der Waals surface area (Å²) in [4.78, 5) is 0. The van der Waals surface area contributed by atoms with E-state index in [1.165, 1.54) is 0 Å². The first-order valence-electron chi connectivity index (χ1n) is 4.57. The van der Waals surface area contributed by atoms with Crippen molar-refractivity contribution in [2.75, 3.05) is 0 Å². The molecular weight excluding hydrogens is 203 g/mol. The van der Waals surface area contributed by atoms with Gasteiger partial charge in [-0.25, -0.2) is 13.2 Å². The molecule has 1 aromatic carbocycles. The van der Waals surface area contributed by atoms with Crippen molar-refractivity contribution in [2.24, 2.45) is 5.73 Å². The number of hydrogen-bond acceptors (Lipinski definition) is 1. The molecule has 0 aliphatic heterocycles. The van der Waals surface area contributed by atoms with Gasteiger partial charge in [-0.05, 0) is 30.5 Å². The van der Waals surface area contributed by atoms with Crippen molar-refractivity contribution in [2.45, 2.75) is 18.9 Å². The van der Waals surface area contributed by atoms with Gasteiger partial charge in [0.05, 0.1) is 0 Å². The van der Waals surface area contributed by atoms with Crippen LogP contribution in [0.3, 0.4) is 0 Å². The first-order valence-corrected chi connectivity index (χ1v) is 4.57. The van der Waals surface area contributed by atoms with Crippen molar-refractivity contribution in [1.82, 2.24) is 0 Å². The van der Waals surface area contributed by atoms with E-state index in [-0.39, 0.29) is 5.56 Å². The van der Waals surface area contributed by atoms with Crippen LogP contribution in [0.5, 0.6) is 0 Å². The van der Waals surface area contributed by atoms with Crippen LogP contribution in [0.2, 0.25) is 0 Å². The molecule has 0 unspecified atom stereocenters. The molecule has 82 valence electrons. The number of hydrogen-bond donors (Lipinski definition) is 1. The molecule has 2 N–H and O–H groups in total. The fraction of sp³-hybridized carbons (Fsp3) is 0.273. The zero-order chi connectivity index (χ0) is 11.4. The molecule has 1 aromatic rings. The number of benzene rings is 1. The Morgan fingerprint density at radius 3 is 2.27 bits per heavy atom. The average Bonchev–Trinajstić information content (AvgIpc) is 2.21. The quantitative estimate of drug-likeness (QED) is 0.606. The lowest BCUT2D eigenvalue weighted by Crippen LogP contribution is -2.11. The van der Waals surface area contributed by atoms with E-state index < -0.39 is 23.5 Å². The predicted molar refractivity (Wildman–Crippen MR) is 52.7 cm³/mol. The Morgan fingerprint density at radius 1 is 1.27 bits per heavy atom. The highest BCUT2D eigenvalue weighted by Crippen LogP contribution is 2.20. The fourth-order valence-electron chi connectivity index (χ4n) is 1.25. The molecule has 0 saturated heterocycles. The summed E-state index contributed by atoms with van der Waals surface area (Å²) in [6.45, 7) is 3.51. The Kier molecular flexibility index (Phi) is 3.91. The summed E-state index contributed by atoms with van der Waals surface area (Å²) >= 11 is 0. The summed E-state index contributed by atoms with van der Waals surface area (Å²) in [6, 6.07) is 1.34. The van der Waals surface area contributed by atoms with Crippen LogP contribution in [-0.2, 0) is 0 Å². The minimum atomic E-state index is -1.46. The van der Waals surface area contributed by atoms with Gasteiger partial charge >= 0.3 is 0 Å². The van der Waals surface area contributed by atoms with Gasteiger partial charge in [-0.15, -0.1) is 6.58 Å². The van der Waals surface area contributed by atoms with E-state index in [2.05, 4.69) is 6.58 Å². The van der Waals surface area contributed by atoms with Crippen molar-refractivity contribution < 1.29 is 13.2 Å². The van der Waals surface area contributed by atoms with Gasteiger partial charge in [-0.3, -0.25) is 0 Å². The van der Waals surface area contributed by atoms with Crippen LogP contribution < -0.4 is 5.73 Å². The normalized spacial score (nSPS) is 12.5. The van der Waals surface area contributed by atoms with Gasteiger partial charge in [0, 0.05) is 6.04 Å². The summed E-state index contributed by atoms with van der Waals surface area (Å²) in [5.41, 5.74) is 5.92. The van der Waals surface area contributed by atoms with Crippen LogP contribution in [0.1, 0.15) is 24.4 Å².